The van der Waals surface area contributed by atoms with Gasteiger partial charge >= 0.3 is 12.0 Å². The summed E-state index contributed by atoms with van der Waals surface area (Å²) in [4.78, 5) is 37.9. The molecule has 0 unspecified atom stereocenters. The maximum atomic E-state index is 13.6. The quantitative estimate of drug-likeness (QED) is 0.677. The highest BCUT2D eigenvalue weighted by molar-refractivity contribution is 6.42. The van der Waals surface area contributed by atoms with E-state index in [0.29, 0.717) is 5.69 Å². The molecule has 1 N–H and O–H groups in total. The van der Waals surface area contributed by atoms with Crippen molar-refractivity contribution in [3.8, 4) is 0 Å². The van der Waals surface area contributed by atoms with Gasteiger partial charge in [0.05, 0.1) is 17.9 Å². The van der Waals surface area contributed by atoms with Gasteiger partial charge in [0.25, 0.3) is 5.91 Å². The minimum Gasteiger partial charge on any atom is -0.463 e. The number of para-hydroxylation sites is 1. The lowest BCUT2D eigenvalue weighted by Gasteiger charge is -2.16. The summed E-state index contributed by atoms with van der Waals surface area (Å²) in [6.45, 7) is 1.76. The van der Waals surface area contributed by atoms with Gasteiger partial charge in [-0.05, 0) is 37.3 Å². The summed E-state index contributed by atoms with van der Waals surface area (Å²) in [7, 11) is 0. The molecule has 6 nitrogen and oxygen atoms in total. The molecule has 1 aliphatic heterocycles. The Hall–Kier alpha value is -3.48. The number of carbonyl (C=O) groups excluding carboxylic acids is 3. The molecular weight excluding hydrogens is 339 g/mol. The Labute approximate surface area is 148 Å². The molecule has 2 aromatic rings. The summed E-state index contributed by atoms with van der Waals surface area (Å²) in [5, 5.41) is 2.60. The summed E-state index contributed by atoms with van der Waals surface area (Å²) in [6.07, 6.45) is 0.972. The zero-order valence-electron chi connectivity index (χ0n) is 13.9. The third kappa shape index (κ3) is 3.32. The lowest BCUT2D eigenvalue weighted by molar-refractivity contribution is -0.137. The van der Waals surface area contributed by atoms with Crippen molar-refractivity contribution in [1.29, 1.82) is 0 Å². The maximum Gasteiger partial charge on any atom is 0.333 e. The first-order chi connectivity index (χ1) is 12.5. The van der Waals surface area contributed by atoms with E-state index in [1.807, 2.05) is 0 Å². The predicted molar refractivity (Wildman–Crippen MR) is 94.0 cm³/mol. The number of nitrogens with zero attached hydrogens (tertiary/aromatic N) is 1. The minimum absolute atomic E-state index is 0.0961. The van der Waals surface area contributed by atoms with Crippen LogP contribution in [0.25, 0.3) is 5.57 Å². The third-order valence-electron chi connectivity index (χ3n) is 3.70. The van der Waals surface area contributed by atoms with Gasteiger partial charge in [-0.3, -0.25) is 4.79 Å². The summed E-state index contributed by atoms with van der Waals surface area (Å²) in [5.74, 6) is -2.06. The average Bonchev–Trinajstić information content (AvgIpc) is 2.87. The molecule has 132 valence electrons. The molecule has 2 aromatic carbocycles. The van der Waals surface area contributed by atoms with Crippen LogP contribution < -0.4 is 10.2 Å². The van der Waals surface area contributed by atoms with Gasteiger partial charge in [0, 0.05) is 17.3 Å². The van der Waals surface area contributed by atoms with E-state index in [-0.39, 0.29) is 23.4 Å². The Kier molecular flexibility index (Phi) is 4.79. The van der Waals surface area contributed by atoms with Gasteiger partial charge in [0.15, 0.2) is 0 Å². The van der Waals surface area contributed by atoms with Crippen molar-refractivity contribution in [3.63, 3.8) is 0 Å². The molecular formula is C19H15FN2O4. The molecule has 26 heavy (non-hydrogen) atoms. The number of esters is 1. The number of hydrogen-bond donors (Lipinski definition) is 1. The van der Waals surface area contributed by atoms with Crippen molar-refractivity contribution in [3.05, 3.63) is 66.0 Å². The second-order valence-corrected chi connectivity index (χ2v) is 5.41. The largest absolute Gasteiger partial charge is 0.463 e. The van der Waals surface area contributed by atoms with E-state index in [1.54, 1.807) is 37.3 Å². The van der Waals surface area contributed by atoms with Crippen LogP contribution in [0.3, 0.4) is 0 Å². The summed E-state index contributed by atoms with van der Waals surface area (Å²) in [5.41, 5.74) is 0.754. The zero-order chi connectivity index (χ0) is 18.7. The molecule has 0 saturated heterocycles. The Balaban J connectivity index is 1.98. The molecule has 0 radical (unpaired) electrons. The van der Waals surface area contributed by atoms with Crippen LogP contribution in [-0.4, -0.2) is 24.5 Å². The van der Waals surface area contributed by atoms with E-state index < -0.39 is 23.7 Å². The van der Waals surface area contributed by atoms with Crippen molar-refractivity contribution in [2.24, 2.45) is 0 Å². The molecule has 0 saturated carbocycles. The Morgan fingerprint density at radius 3 is 2.62 bits per heavy atom. The maximum absolute atomic E-state index is 13.6. The number of amides is 3. The number of anilines is 2. The van der Waals surface area contributed by atoms with Crippen LogP contribution in [0.15, 0.2) is 54.6 Å². The standard InChI is InChI=1S/C19H15FN2O4/c1-2-26-17(23)11-15-14-10-12(20)8-9-16(14)22(18(15)24)19(25)21-13-6-4-3-5-7-13/h3-11H,2H2,1H3,(H,21,25)/b15-11+. The van der Waals surface area contributed by atoms with Crippen molar-refractivity contribution >= 4 is 34.9 Å². The Morgan fingerprint density at radius 2 is 1.92 bits per heavy atom. The third-order valence-corrected chi connectivity index (χ3v) is 3.70. The van der Waals surface area contributed by atoms with Crippen LogP contribution in [0.2, 0.25) is 0 Å². The van der Waals surface area contributed by atoms with Crippen LogP contribution in [0, 0.1) is 5.82 Å². The van der Waals surface area contributed by atoms with Gasteiger partial charge in [-0.25, -0.2) is 18.9 Å². The zero-order valence-corrected chi connectivity index (χ0v) is 13.9. The number of rotatable bonds is 3. The highest BCUT2D eigenvalue weighted by Crippen LogP contribution is 2.37. The molecule has 0 bridgehead atoms. The number of imide groups is 1. The van der Waals surface area contributed by atoms with E-state index in [1.165, 1.54) is 6.07 Å². The van der Waals surface area contributed by atoms with Crippen molar-refractivity contribution < 1.29 is 23.5 Å². The number of hydrogen-bond acceptors (Lipinski definition) is 4. The minimum atomic E-state index is -0.739. The van der Waals surface area contributed by atoms with Crippen molar-refractivity contribution in [1.82, 2.24) is 0 Å². The summed E-state index contributed by atoms with van der Waals surface area (Å²) in [6, 6.07) is 11.4. The first-order valence-corrected chi connectivity index (χ1v) is 7.90. The molecule has 0 aliphatic carbocycles. The average molecular weight is 354 g/mol. The molecule has 1 heterocycles. The number of halogens is 1. The van der Waals surface area contributed by atoms with Crippen LogP contribution in [0.4, 0.5) is 20.6 Å². The van der Waals surface area contributed by atoms with Gasteiger partial charge in [-0.2, -0.15) is 0 Å². The van der Waals surface area contributed by atoms with Gasteiger partial charge < -0.3 is 10.1 Å². The predicted octanol–water partition coefficient (Wildman–Crippen LogP) is 3.35. The number of urea groups is 1. The second kappa shape index (κ2) is 7.18. The van der Waals surface area contributed by atoms with Gasteiger partial charge in [0.2, 0.25) is 0 Å². The van der Waals surface area contributed by atoms with Crippen LogP contribution in [0.5, 0.6) is 0 Å². The number of ether oxygens (including phenoxy) is 1. The fourth-order valence-corrected chi connectivity index (χ4v) is 2.61. The molecule has 0 fully saturated rings. The highest BCUT2D eigenvalue weighted by Gasteiger charge is 2.37. The monoisotopic (exact) mass is 354 g/mol. The lowest BCUT2D eigenvalue weighted by Crippen LogP contribution is -2.37. The van der Waals surface area contributed by atoms with Crippen LogP contribution in [-0.2, 0) is 14.3 Å². The molecule has 3 amide bonds. The van der Waals surface area contributed by atoms with Crippen LogP contribution in [0.1, 0.15) is 12.5 Å². The van der Waals surface area contributed by atoms with Crippen molar-refractivity contribution in [2.45, 2.75) is 6.92 Å². The van der Waals surface area contributed by atoms with Gasteiger partial charge in [-0.1, -0.05) is 18.2 Å². The first-order valence-electron chi connectivity index (χ1n) is 7.90. The van der Waals surface area contributed by atoms with E-state index in [9.17, 15) is 18.8 Å². The molecule has 7 heteroatoms. The summed E-state index contributed by atoms with van der Waals surface area (Å²) >= 11 is 0. The second-order valence-electron chi connectivity index (χ2n) is 5.41. The normalized spacial score (nSPS) is 14.3. The van der Waals surface area contributed by atoms with Gasteiger partial charge in [0.1, 0.15) is 5.82 Å². The fourth-order valence-electron chi connectivity index (χ4n) is 2.61. The number of nitrogens with one attached hydrogen (secondary N) is 1. The highest BCUT2D eigenvalue weighted by atomic mass is 19.1. The van der Waals surface area contributed by atoms with E-state index in [0.717, 1.165) is 23.1 Å². The van der Waals surface area contributed by atoms with E-state index >= 15 is 0 Å². The van der Waals surface area contributed by atoms with Crippen LogP contribution >= 0.6 is 0 Å². The first kappa shape index (κ1) is 17.3. The number of carbonyl (C=O) groups is 3. The Morgan fingerprint density at radius 1 is 1.19 bits per heavy atom. The number of fused-ring (bicyclic) bond motifs is 1. The smallest absolute Gasteiger partial charge is 0.333 e. The molecule has 3 rings (SSSR count). The Bertz CT molecular complexity index is 909. The van der Waals surface area contributed by atoms with E-state index in [2.05, 4.69) is 5.32 Å². The van der Waals surface area contributed by atoms with E-state index in [4.69, 9.17) is 4.74 Å². The van der Waals surface area contributed by atoms with Crippen molar-refractivity contribution in [2.75, 3.05) is 16.8 Å². The number of benzene rings is 2. The van der Waals surface area contributed by atoms with Gasteiger partial charge in [-0.15, -0.1) is 0 Å². The lowest BCUT2D eigenvalue weighted by atomic mass is 10.1. The fraction of sp³-hybridized carbons (Fsp3) is 0.105. The molecule has 0 aromatic heterocycles. The summed E-state index contributed by atoms with van der Waals surface area (Å²) < 4.78 is 18.5. The SMILES string of the molecule is CCOC(=O)/C=C1/C(=O)N(C(=O)Nc2ccccc2)c2ccc(F)cc21. The topological polar surface area (TPSA) is 75.7 Å². The molecule has 0 atom stereocenters. The molecule has 0 spiro atoms. The molecule has 1 aliphatic rings.